The molecule has 268 valence electrons. The molecule has 4 amide bonds. The number of esters is 1. The molecule has 2 aliphatic heterocycles. The molecule has 5 atom stereocenters. The SMILES string of the molecule is C=CCCCCC[C@H](NC(=O)OC(C)(C)C)C(=O)N1C[C@H](OC(=O)N2CCc3ccccc3C2)C[C@H]1C(=O)N[C@]1(C(=O)OCC)C[C@H]1C=C. The largest absolute Gasteiger partial charge is 0.464 e. The monoisotopic (exact) mass is 680 g/mol. The highest BCUT2D eigenvalue weighted by molar-refractivity contribution is 5.96. The summed E-state index contributed by atoms with van der Waals surface area (Å²) in [5.41, 5.74) is 0.154. The second kappa shape index (κ2) is 16.4. The first-order valence-corrected chi connectivity index (χ1v) is 17.4. The van der Waals surface area contributed by atoms with E-state index in [0.29, 0.717) is 38.8 Å². The summed E-state index contributed by atoms with van der Waals surface area (Å²) in [4.78, 5) is 70.5. The lowest BCUT2D eigenvalue weighted by Gasteiger charge is -2.30. The summed E-state index contributed by atoms with van der Waals surface area (Å²) in [6.07, 6.45) is 5.84. The Morgan fingerprint density at radius 3 is 2.47 bits per heavy atom. The summed E-state index contributed by atoms with van der Waals surface area (Å²) in [5, 5.41) is 5.58. The molecule has 0 unspecified atom stereocenters. The number of nitrogens with one attached hydrogen (secondary N) is 2. The van der Waals surface area contributed by atoms with Gasteiger partial charge in [0.05, 0.1) is 13.2 Å². The van der Waals surface area contributed by atoms with E-state index in [4.69, 9.17) is 14.2 Å². The van der Waals surface area contributed by atoms with Crippen LogP contribution < -0.4 is 10.6 Å². The van der Waals surface area contributed by atoms with Gasteiger partial charge in [0.1, 0.15) is 29.3 Å². The number of allylic oxidation sites excluding steroid dienone is 1. The van der Waals surface area contributed by atoms with Gasteiger partial charge < -0.3 is 34.6 Å². The van der Waals surface area contributed by atoms with E-state index in [1.54, 1.807) is 38.7 Å². The third-order valence-electron chi connectivity index (χ3n) is 9.18. The molecule has 0 bridgehead atoms. The van der Waals surface area contributed by atoms with Gasteiger partial charge in [0.2, 0.25) is 11.8 Å². The van der Waals surface area contributed by atoms with Crippen molar-refractivity contribution in [3.63, 3.8) is 0 Å². The zero-order chi connectivity index (χ0) is 35.8. The molecule has 1 saturated heterocycles. The van der Waals surface area contributed by atoms with E-state index in [2.05, 4.69) is 23.8 Å². The Balaban J connectivity index is 1.55. The molecule has 2 N–H and O–H groups in total. The molecule has 49 heavy (non-hydrogen) atoms. The lowest BCUT2D eigenvalue weighted by atomic mass is 10.0. The molecule has 0 aromatic heterocycles. The maximum atomic E-state index is 14.3. The topological polar surface area (TPSA) is 144 Å². The average molecular weight is 681 g/mol. The van der Waals surface area contributed by atoms with Crippen LogP contribution in [0.25, 0.3) is 0 Å². The van der Waals surface area contributed by atoms with Gasteiger partial charge in [-0.3, -0.25) is 9.59 Å². The fraction of sp³-hybridized carbons (Fsp3) is 0.595. The van der Waals surface area contributed by atoms with E-state index < -0.39 is 59.3 Å². The predicted molar refractivity (Wildman–Crippen MR) is 183 cm³/mol. The standard InChI is InChI=1S/C37H52N4O8/c1-7-10-11-12-13-18-29(38-34(45)49-36(4,5)6)32(43)41-24-28(48-35(46)40-20-19-25-16-14-15-17-26(25)23-40)21-30(41)31(42)39-37(22-27(37)8-2)33(44)47-9-3/h7-8,14-17,27-30H,1-2,9-13,18-24H2,3-6H3,(H,38,45)(H,39,42)/t27-,28-,29+,30+,37-/m1/s1. The molecule has 2 fully saturated rings. The number of hydrogen-bond donors (Lipinski definition) is 2. The Bertz CT molecular complexity index is 1410. The van der Waals surface area contributed by atoms with Crippen molar-refractivity contribution in [2.45, 2.75) is 115 Å². The highest BCUT2D eigenvalue weighted by Gasteiger charge is 2.62. The van der Waals surface area contributed by atoms with E-state index in [0.717, 1.165) is 24.8 Å². The molecule has 0 spiro atoms. The summed E-state index contributed by atoms with van der Waals surface area (Å²) >= 11 is 0. The van der Waals surface area contributed by atoms with Gasteiger partial charge >= 0.3 is 18.2 Å². The maximum Gasteiger partial charge on any atom is 0.410 e. The molecule has 4 rings (SSSR count). The second-order valence-corrected chi connectivity index (χ2v) is 14.0. The number of carbonyl (C=O) groups is 5. The number of alkyl carbamates (subject to hydrolysis) is 1. The first kappa shape index (κ1) is 37.5. The number of amides is 4. The Labute approximate surface area is 289 Å². The van der Waals surface area contributed by atoms with Crippen LogP contribution in [0.2, 0.25) is 0 Å². The van der Waals surface area contributed by atoms with Crippen LogP contribution in [-0.4, -0.2) is 88.8 Å². The first-order chi connectivity index (χ1) is 23.3. The maximum absolute atomic E-state index is 14.3. The van der Waals surface area contributed by atoms with Crippen molar-refractivity contribution in [2.75, 3.05) is 19.7 Å². The van der Waals surface area contributed by atoms with Crippen molar-refractivity contribution >= 4 is 30.0 Å². The fourth-order valence-corrected chi connectivity index (χ4v) is 6.53. The molecular formula is C37H52N4O8. The number of benzene rings is 1. The highest BCUT2D eigenvalue weighted by atomic mass is 16.6. The molecule has 1 aromatic carbocycles. The average Bonchev–Trinajstić information content (AvgIpc) is 3.61. The van der Waals surface area contributed by atoms with Crippen LogP contribution in [0.3, 0.4) is 0 Å². The zero-order valence-electron chi connectivity index (χ0n) is 29.3. The normalized spacial score (nSPS) is 23.4. The highest BCUT2D eigenvalue weighted by Crippen LogP contribution is 2.45. The minimum atomic E-state index is -1.28. The van der Waals surface area contributed by atoms with Crippen molar-refractivity contribution in [3.05, 3.63) is 60.7 Å². The summed E-state index contributed by atoms with van der Waals surface area (Å²) < 4.78 is 16.7. The Morgan fingerprint density at radius 2 is 1.82 bits per heavy atom. The van der Waals surface area contributed by atoms with Crippen molar-refractivity contribution in [1.82, 2.24) is 20.4 Å². The number of unbranched alkanes of at least 4 members (excludes halogenated alkanes) is 3. The van der Waals surface area contributed by atoms with Crippen LogP contribution in [0.1, 0.15) is 83.8 Å². The summed E-state index contributed by atoms with van der Waals surface area (Å²) in [7, 11) is 0. The third-order valence-corrected chi connectivity index (χ3v) is 9.18. The van der Waals surface area contributed by atoms with Crippen LogP contribution in [0.4, 0.5) is 9.59 Å². The summed E-state index contributed by atoms with van der Waals surface area (Å²) in [6, 6.07) is 5.85. The van der Waals surface area contributed by atoms with E-state index in [9.17, 15) is 24.0 Å². The molecule has 2 heterocycles. The molecule has 12 nitrogen and oxygen atoms in total. The molecule has 3 aliphatic rings. The quantitative estimate of drug-likeness (QED) is 0.123. The molecule has 1 aromatic rings. The lowest BCUT2D eigenvalue weighted by Crippen LogP contribution is -2.56. The number of rotatable bonds is 14. The van der Waals surface area contributed by atoms with Crippen LogP contribution in [-0.2, 0) is 41.6 Å². The summed E-state index contributed by atoms with van der Waals surface area (Å²) in [6.45, 7) is 15.4. The zero-order valence-corrected chi connectivity index (χ0v) is 29.3. The van der Waals surface area contributed by atoms with E-state index in [1.807, 2.05) is 30.3 Å². The Hall–Kier alpha value is -4.35. The fourth-order valence-electron chi connectivity index (χ4n) is 6.53. The minimum Gasteiger partial charge on any atom is -0.464 e. The van der Waals surface area contributed by atoms with Crippen molar-refractivity contribution < 1.29 is 38.2 Å². The Morgan fingerprint density at radius 1 is 1.08 bits per heavy atom. The molecule has 0 radical (unpaired) electrons. The molecule has 1 saturated carbocycles. The van der Waals surface area contributed by atoms with Crippen LogP contribution >= 0.6 is 0 Å². The number of carbonyl (C=O) groups excluding carboxylic acids is 5. The van der Waals surface area contributed by atoms with Crippen LogP contribution in [0.15, 0.2) is 49.6 Å². The number of nitrogens with zero attached hydrogens (tertiary/aromatic N) is 2. The summed E-state index contributed by atoms with van der Waals surface area (Å²) in [5.74, 6) is -1.96. The lowest BCUT2D eigenvalue weighted by molar-refractivity contribution is -0.150. The van der Waals surface area contributed by atoms with Gasteiger partial charge in [-0.05, 0) is 70.9 Å². The van der Waals surface area contributed by atoms with Gasteiger partial charge in [-0.2, -0.15) is 0 Å². The second-order valence-electron chi connectivity index (χ2n) is 14.0. The van der Waals surface area contributed by atoms with E-state index in [-0.39, 0.29) is 25.5 Å². The third kappa shape index (κ3) is 9.64. The van der Waals surface area contributed by atoms with Crippen LogP contribution in [0, 0.1) is 5.92 Å². The number of ether oxygens (including phenoxy) is 3. The van der Waals surface area contributed by atoms with Crippen molar-refractivity contribution in [3.8, 4) is 0 Å². The van der Waals surface area contributed by atoms with Crippen molar-refractivity contribution in [2.24, 2.45) is 5.92 Å². The number of hydrogen-bond acceptors (Lipinski definition) is 8. The van der Waals surface area contributed by atoms with Gasteiger partial charge in [-0.25, -0.2) is 14.4 Å². The Kier molecular flexibility index (Phi) is 12.5. The van der Waals surface area contributed by atoms with E-state index >= 15 is 0 Å². The predicted octanol–water partition coefficient (Wildman–Crippen LogP) is 4.80. The first-order valence-electron chi connectivity index (χ1n) is 17.4. The van der Waals surface area contributed by atoms with Gasteiger partial charge in [-0.15, -0.1) is 13.2 Å². The molecule has 1 aliphatic carbocycles. The smallest absolute Gasteiger partial charge is 0.410 e. The molecule has 12 heteroatoms. The van der Waals surface area contributed by atoms with Crippen molar-refractivity contribution in [1.29, 1.82) is 0 Å². The van der Waals surface area contributed by atoms with Gasteiger partial charge in [0, 0.05) is 25.4 Å². The van der Waals surface area contributed by atoms with Gasteiger partial charge in [0.15, 0.2) is 0 Å². The number of fused-ring (bicyclic) bond motifs is 1. The van der Waals surface area contributed by atoms with E-state index in [1.165, 1.54) is 10.5 Å². The van der Waals surface area contributed by atoms with Gasteiger partial charge in [0.25, 0.3) is 0 Å². The minimum absolute atomic E-state index is 0.0178. The number of likely N-dealkylation sites (tertiary alicyclic amines) is 1. The van der Waals surface area contributed by atoms with Gasteiger partial charge in [-0.1, -0.05) is 49.3 Å². The molecular weight excluding hydrogens is 628 g/mol. The van der Waals surface area contributed by atoms with Crippen LogP contribution in [0.5, 0.6) is 0 Å².